The summed E-state index contributed by atoms with van der Waals surface area (Å²) >= 11 is 1.46. The Balaban J connectivity index is 1.97. The van der Waals surface area contributed by atoms with Crippen LogP contribution in [0, 0.1) is 0 Å². The summed E-state index contributed by atoms with van der Waals surface area (Å²) in [5.41, 5.74) is 7.43. The van der Waals surface area contributed by atoms with Crippen molar-refractivity contribution in [2.24, 2.45) is 0 Å². The maximum atomic E-state index is 5.79. The fraction of sp³-hybridized carbons (Fsp3) is 0. The van der Waals surface area contributed by atoms with Gasteiger partial charge in [0.05, 0.1) is 0 Å². The van der Waals surface area contributed by atoms with Gasteiger partial charge >= 0.3 is 0 Å². The number of fused-ring (bicyclic) bond motifs is 1. The number of rotatable bonds is 2. The molecule has 0 spiro atoms. The van der Waals surface area contributed by atoms with E-state index >= 15 is 0 Å². The number of nitrogen functional groups attached to an aromatic ring is 1. The molecule has 0 aliphatic carbocycles. The second kappa shape index (κ2) is 4.60. The van der Waals surface area contributed by atoms with E-state index in [0.717, 1.165) is 15.4 Å². The van der Waals surface area contributed by atoms with E-state index in [1.54, 1.807) is 35.7 Å². The smallest absolute Gasteiger partial charge is 0.223 e. The number of pyridine rings is 1. The van der Waals surface area contributed by atoms with Gasteiger partial charge in [-0.1, -0.05) is 11.3 Å². The van der Waals surface area contributed by atoms with Crippen molar-refractivity contribution in [3.8, 4) is 16.4 Å². The van der Waals surface area contributed by atoms with Crippen LogP contribution in [0.4, 0.5) is 5.95 Å². The predicted octanol–water partition coefficient (Wildman–Crippen LogP) is 1.92. The van der Waals surface area contributed by atoms with Crippen molar-refractivity contribution in [2.75, 3.05) is 5.73 Å². The zero-order valence-electron chi connectivity index (χ0n) is 10.7. The molecule has 0 saturated heterocycles. The third kappa shape index (κ3) is 2.01. The standard InChI is InChI=1S/C13H9N7S/c14-13-18-10(20-5-4-16-7-20)9-12(19-13)21-11(17-9)8-2-1-3-15-6-8/h1-7H,(H2,14,18,19). The molecule has 102 valence electrons. The van der Waals surface area contributed by atoms with E-state index in [2.05, 4.69) is 24.9 Å². The number of nitrogens with two attached hydrogens (primary N) is 1. The van der Waals surface area contributed by atoms with E-state index in [1.807, 2.05) is 12.1 Å². The second-order valence-corrected chi connectivity index (χ2v) is 5.27. The molecular formula is C13H9N7S. The first-order valence-electron chi connectivity index (χ1n) is 6.14. The number of anilines is 1. The van der Waals surface area contributed by atoms with Gasteiger partial charge in [-0.25, -0.2) is 15.0 Å². The van der Waals surface area contributed by atoms with Crippen LogP contribution in [0.2, 0.25) is 0 Å². The third-order valence-electron chi connectivity index (χ3n) is 2.92. The van der Waals surface area contributed by atoms with Gasteiger partial charge in [0.25, 0.3) is 0 Å². The molecule has 7 nitrogen and oxygen atoms in total. The molecule has 4 rings (SSSR count). The van der Waals surface area contributed by atoms with Crippen LogP contribution in [-0.2, 0) is 0 Å². The van der Waals surface area contributed by atoms with Crippen molar-refractivity contribution >= 4 is 27.6 Å². The minimum absolute atomic E-state index is 0.215. The maximum Gasteiger partial charge on any atom is 0.223 e. The van der Waals surface area contributed by atoms with Crippen molar-refractivity contribution < 1.29 is 0 Å². The molecule has 8 heteroatoms. The van der Waals surface area contributed by atoms with E-state index in [9.17, 15) is 0 Å². The highest BCUT2D eigenvalue weighted by Crippen LogP contribution is 2.31. The number of aromatic nitrogens is 6. The van der Waals surface area contributed by atoms with Crippen LogP contribution in [-0.4, -0.2) is 29.5 Å². The average Bonchev–Trinajstić information content (AvgIpc) is 3.16. The molecule has 0 amide bonds. The van der Waals surface area contributed by atoms with Crippen molar-refractivity contribution in [1.29, 1.82) is 0 Å². The first-order chi connectivity index (χ1) is 10.3. The van der Waals surface area contributed by atoms with Crippen molar-refractivity contribution in [1.82, 2.24) is 29.5 Å². The Morgan fingerprint density at radius 2 is 2.05 bits per heavy atom. The molecule has 0 aliphatic heterocycles. The topological polar surface area (TPSA) is 95.4 Å². The zero-order chi connectivity index (χ0) is 14.2. The quantitative estimate of drug-likeness (QED) is 0.607. The van der Waals surface area contributed by atoms with Gasteiger partial charge in [-0.2, -0.15) is 4.98 Å². The molecule has 21 heavy (non-hydrogen) atoms. The first kappa shape index (κ1) is 11.9. The highest BCUT2D eigenvalue weighted by molar-refractivity contribution is 7.21. The highest BCUT2D eigenvalue weighted by Gasteiger charge is 2.14. The summed E-state index contributed by atoms with van der Waals surface area (Å²) in [6.45, 7) is 0. The number of hydrogen-bond acceptors (Lipinski definition) is 7. The predicted molar refractivity (Wildman–Crippen MR) is 80.0 cm³/mol. The van der Waals surface area contributed by atoms with Gasteiger partial charge in [0.2, 0.25) is 5.95 Å². The molecule has 0 atom stereocenters. The van der Waals surface area contributed by atoms with E-state index in [1.165, 1.54) is 11.3 Å². The van der Waals surface area contributed by atoms with Gasteiger partial charge in [-0.3, -0.25) is 9.55 Å². The lowest BCUT2D eigenvalue weighted by molar-refractivity contribution is 0.994. The van der Waals surface area contributed by atoms with Crippen LogP contribution in [0.25, 0.3) is 26.7 Å². The summed E-state index contributed by atoms with van der Waals surface area (Å²) in [6.07, 6.45) is 8.63. The minimum atomic E-state index is 0.215. The van der Waals surface area contributed by atoms with Gasteiger partial charge in [-0.15, -0.1) is 0 Å². The van der Waals surface area contributed by atoms with E-state index in [-0.39, 0.29) is 5.95 Å². The Morgan fingerprint density at radius 1 is 1.10 bits per heavy atom. The lowest BCUT2D eigenvalue weighted by atomic mass is 10.3. The Morgan fingerprint density at radius 3 is 2.81 bits per heavy atom. The molecular weight excluding hydrogens is 286 g/mol. The van der Waals surface area contributed by atoms with Crippen LogP contribution in [0.3, 0.4) is 0 Å². The van der Waals surface area contributed by atoms with Crippen molar-refractivity contribution in [2.45, 2.75) is 0 Å². The average molecular weight is 295 g/mol. The minimum Gasteiger partial charge on any atom is -0.368 e. The molecule has 4 aromatic rings. The monoisotopic (exact) mass is 295 g/mol. The Kier molecular flexibility index (Phi) is 2.61. The van der Waals surface area contributed by atoms with Crippen molar-refractivity contribution in [3.05, 3.63) is 43.2 Å². The largest absolute Gasteiger partial charge is 0.368 e. The van der Waals surface area contributed by atoms with Crippen LogP contribution in [0.5, 0.6) is 0 Å². The number of nitrogens with zero attached hydrogens (tertiary/aromatic N) is 6. The fourth-order valence-electron chi connectivity index (χ4n) is 2.00. The van der Waals surface area contributed by atoms with Gasteiger partial charge in [0, 0.05) is 30.4 Å². The molecule has 0 unspecified atom stereocenters. The van der Waals surface area contributed by atoms with Gasteiger partial charge in [0.1, 0.15) is 16.9 Å². The van der Waals surface area contributed by atoms with Gasteiger partial charge in [0.15, 0.2) is 10.6 Å². The summed E-state index contributed by atoms with van der Waals surface area (Å²) < 4.78 is 1.77. The van der Waals surface area contributed by atoms with E-state index in [4.69, 9.17) is 5.73 Å². The SMILES string of the molecule is Nc1nc(-n2ccnc2)c2nc(-c3cccnc3)sc2n1. The van der Waals surface area contributed by atoms with E-state index in [0.29, 0.717) is 11.3 Å². The molecule has 2 N–H and O–H groups in total. The normalized spacial score (nSPS) is 11.0. The Bertz CT molecular complexity index is 899. The molecule has 0 bridgehead atoms. The second-order valence-electron chi connectivity index (χ2n) is 4.29. The summed E-state index contributed by atoms with van der Waals surface area (Å²) in [6, 6.07) is 3.83. The van der Waals surface area contributed by atoms with E-state index < -0.39 is 0 Å². The molecule has 0 radical (unpaired) electrons. The lowest BCUT2D eigenvalue weighted by Crippen LogP contribution is -2.02. The first-order valence-corrected chi connectivity index (χ1v) is 6.96. The number of imidazole rings is 1. The van der Waals surface area contributed by atoms with Crippen LogP contribution in [0.1, 0.15) is 0 Å². The van der Waals surface area contributed by atoms with Gasteiger partial charge < -0.3 is 5.73 Å². The molecule has 0 aromatic carbocycles. The van der Waals surface area contributed by atoms with Crippen LogP contribution >= 0.6 is 11.3 Å². The molecule has 0 fully saturated rings. The number of hydrogen-bond donors (Lipinski definition) is 1. The fourth-order valence-corrected chi connectivity index (χ4v) is 2.93. The van der Waals surface area contributed by atoms with Crippen LogP contribution in [0.15, 0.2) is 43.2 Å². The molecule has 0 saturated carbocycles. The summed E-state index contributed by atoms with van der Waals surface area (Å²) in [7, 11) is 0. The lowest BCUT2D eigenvalue weighted by Gasteiger charge is -2.02. The summed E-state index contributed by atoms with van der Waals surface area (Å²) in [5, 5.41) is 0.833. The highest BCUT2D eigenvalue weighted by atomic mass is 32.1. The number of thiazole rings is 1. The summed E-state index contributed by atoms with van der Waals surface area (Å²) in [5.74, 6) is 0.842. The van der Waals surface area contributed by atoms with Gasteiger partial charge in [-0.05, 0) is 12.1 Å². The Labute approximate surface area is 123 Å². The zero-order valence-corrected chi connectivity index (χ0v) is 11.5. The molecule has 4 aromatic heterocycles. The molecule has 0 aliphatic rings. The Hall–Kier alpha value is -2.87. The summed E-state index contributed by atoms with van der Waals surface area (Å²) in [4.78, 5) is 22.0. The maximum absolute atomic E-state index is 5.79. The molecule has 4 heterocycles. The third-order valence-corrected chi connectivity index (χ3v) is 3.91. The van der Waals surface area contributed by atoms with Crippen molar-refractivity contribution in [3.63, 3.8) is 0 Å². The van der Waals surface area contributed by atoms with Crippen LogP contribution < -0.4 is 5.73 Å².